The third-order valence-corrected chi connectivity index (χ3v) is 3.47. The molecule has 0 saturated heterocycles. The van der Waals surface area contributed by atoms with Gasteiger partial charge in [0.05, 0.1) is 0 Å². The van der Waals surface area contributed by atoms with Crippen molar-refractivity contribution in [3.8, 4) is 0 Å². The monoisotopic (exact) mass is 237 g/mol. The minimum absolute atomic E-state index is 1.01. The Hall–Kier alpha value is -0.470. The summed E-state index contributed by atoms with van der Waals surface area (Å²) in [7, 11) is 0. The fourth-order valence-corrected chi connectivity index (χ4v) is 2.20. The van der Waals surface area contributed by atoms with Crippen LogP contribution in [0, 0.1) is 13.8 Å². The van der Waals surface area contributed by atoms with Crippen LogP contribution in [-0.2, 0) is 6.54 Å². The highest BCUT2D eigenvalue weighted by Crippen LogP contribution is 2.10. The highest BCUT2D eigenvalue weighted by atomic mass is 32.2. The highest BCUT2D eigenvalue weighted by molar-refractivity contribution is 7.98. The Bertz CT molecular complexity index is 310. The van der Waals surface area contributed by atoms with Crippen LogP contribution >= 0.6 is 11.8 Å². The molecule has 0 atom stereocenters. The number of benzene rings is 1. The summed E-state index contributed by atoms with van der Waals surface area (Å²) in [5.41, 5.74) is 4.18. The van der Waals surface area contributed by atoms with Crippen molar-refractivity contribution in [2.75, 3.05) is 18.6 Å². The predicted octanol–water partition coefficient (Wildman–Crippen LogP) is 3.54. The lowest BCUT2D eigenvalue weighted by Crippen LogP contribution is -2.15. The quantitative estimate of drug-likeness (QED) is 0.728. The Morgan fingerprint density at radius 1 is 1.19 bits per heavy atom. The van der Waals surface area contributed by atoms with Crippen LogP contribution < -0.4 is 5.32 Å². The summed E-state index contributed by atoms with van der Waals surface area (Å²) in [5.74, 6) is 1.28. The van der Waals surface area contributed by atoms with Crippen LogP contribution in [0.5, 0.6) is 0 Å². The zero-order valence-corrected chi connectivity index (χ0v) is 11.5. The van der Waals surface area contributed by atoms with E-state index in [0.29, 0.717) is 0 Å². The molecule has 0 aliphatic heterocycles. The van der Waals surface area contributed by atoms with Crippen LogP contribution in [-0.4, -0.2) is 18.6 Å². The molecule has 0 spiro atoms. The van der Waals surface area contributed by atoms with Crippen molar-refractivity contribution in [3.05, 3.63) is 34.9 Å². The number of rotatable bonds is 7. The summed E-state index contributed by atoms with van der Waals surface area (Å²) in [5, 5.41) is 3.52. The number of unbranched alkanes of at least 4 members (excludes halogenated alkanes) is 1. The van der Waals surface area contributed by atoms with Crippen molar-refractivity contribution in [2.45, 2.75) is 33.2 Å². The topological polar surface area (TPSA) is 12.0 Å². The van der Waals surface area contributed by atoms with E-state index in [1.165, 1.54) is 35.3 Å². The van der Waals surface area contributed by atoms with Crippen LogP contribution in [0.25, 0.3) is 0 Å². The molecule has 0 radical (unpaired) electrons. The second-order valence-corrected chi connectivity index (χ2v) is 5.29. The number of hydrogen-bond donors (Lipinski definition) is 1. The lowest BCUT2D eigenvalue weighted by atomic mass is 10.1. The standard InChI is InChI=1S/C14H23NS/c1-12-6-7-13(2)14(10-12)11-15-8-4-5-9-16-3/h6-7,10,15H,4-5,8-9,11H2,1-3H3. The van der Waals surface area contributed by atoms with E-state index in [9.17, 15) is 0 Å². The lowest BCUT2D eigenvalue weighted by molar-refractivity contribution is 0.642. The van der Waals surface area contributed by atoms with E-state index in [-0.39, 0.29) is 0 Å². The average Bonchev–Trinajstić information content (AvgIpc) is 2.28. The molecule has 1 nitrogen and oxygen atoms in total. The zero-order valence-electron chi connectivity index (χ0n) is 10.7. The van der Waals surface area contributed by atoms with Crippen LogP contribution in [0.1, 0.15) is 29.5 Å². The average molecular weight is 237 g/mol. The maximum atomic E-state index is 3.52. The molecule has 0 heterocycles. The van der Waals surface area contributed by atoms with Crippen molar-refractivity contribution in [1.29, 1.82) is 0 Å². The smallest absolute Gasteiger partial charge is 0.0208 e. The molecule has 0 aliphatic carbocycles. The second-order valence-electron chi connectivity index (χ2n) is 4.31. The molecule has 1 N–H and O–H groups in total. The van der Waals surface area contributed by atoms with E-state index in [1.807, 2.05) is 11.8 Å². The normalized spacial score (nSPS) is 10.7. The van der Waals surface area contributed by atoms with Crippen molar-refractivity contribution in [3.63, 3.8) is 0 Å². The molecular formula is C14H23NS. The highest BCUT2D eigenvalue weighted by Gasteiger charge is 1.97. The van der Waals surface area contributed by atoms with E-state index < -0.39 is 0 Å². The fourth-order valence-electron chi connectivity index (χ4n) is 1.71. The van der Waals surface area contributed by atoms with E-state index in [2.05, 4.69) is 43.6 Å². The lowest BCUT2D eigenvalue weighted by Gasteiger charge is -2.08. The molecule has 90 valence electrons. The number of hydrogen-bond acceptors (Lipinski definition) is 2. The fraction of sp³-hybridized carbons (Fsp3) is 0.571. The van der Waals surface area contributed by atoms with Crippen molar-refractivity contribution < 1.29 is 0 Å². The summed E-state index contributed by atoms with van der Waals surface area (Å²) in [6.07, 6.45) is 4.77. The molecule has 2 heteroatoms. The van der Waals surface area contributed by atoms with Gasteiger partial charge in [-0.2, -0.15) is 11.8 Å². The Labute approximate surface area is 104 Å². The largest absolute Gasteiger partial charge is 0.313 e. The van der Waals surface area contributed by atoms with Crippen LogP contribution in [0.15, 0.2) is 18.2 Å². The summed E-state index contributed by atoms with van der Waals surface area (Å²) < 4.78 is 0. The van der Waals surface area contributed by atoms with Gasteiger partial charge in [-0.25, -0.2) is 0 Å². The van der Waals surface area contributed by atoms with E-state index >= 15 is 0 Å². The van der Waals surface area contributed by atoms with Gasteiger partial charge in [0.2, 0.25) is 0 Å². The van der Waals surface area contributed by atoms with Crippen molar-refractivity contribution >= 4 is 11.8 Å². The van der Waals surface area contributed by atoms with Crippen molar-refractivity contribution in [1.82, 2.24) is 5.32 Å². The second kappa shape index (κ2) is 7.75. The molecule has 0 fully saturated rings. The molecule has 0 bridgehead atoms. The molecule has 1 aromatic rings. The molecule has 0 aromatic heterocycles. The molecule has 1 aromatic carbocycles. The third kappa shape index (κ3) is 5.04. The van der Waals surface area contributed by atoms with Gasteiger partial charge in [-0.15, -0.1) is 0 Å². The van der Waals surface area contributed by atoms with Gasteiger partial charge in [0.1, 0.15) is 0 Å². The van der Waals surface area contributed by atoms with Gasteiger partial charge in [-0.3, -0.25) is 0 Å². The first kappa shape index (κ1) is 13.6. The van der Waals surface area contributed by atoms with Crippen LogP contribution in [0.4, 0.5) is 0 Å². The third-order valence-electron chi connectivity index (χ3n) is 2.77. The van der Waals surface area contributed by atoms with Gasteiger partial charge in [-0.05, 0) is 56.4 Å². The summed E-state index contributed by atoms with van der Waals surface area (Å²) >= 11 is 1.93. The molecule has 0 saturated carbocycles. The molecule has 1 rings (SSSR count). The Morgan fingerprint density at radius 2 is 2.00 bits per heavy atom. The summed E-state index contributed by atoms with van der Waals surface area (Å²) in [6.45, 7) is 6.48. The van der Waals surface area contributed by atoms with E-state index in [4.69, 9.17) is 0 Å². The Morgan fingerprint density at radius 3 is 2.75 bits per heavy atom. The Kier molecular flexibility index (Phi) is 6.58. The first-order valence-electron chi connectivity index (χ1n) is 6.00. The molecule has 0 aliphatic rings. The van der Waals surface area contributed by atoms with Crippen LogP contribution in [0.3, 0.4) is 0 Å². The minimum Gasteiger partial charge on any atom is -0.313 e. The molecule has 0 unspecified atom stereocenters. The number of thioether (sulfide) groups is 1. The predicted molar refractivity (Wildman–Crippen MR) is 75.2 cm³/mol. The first-order chi connectivity index (χ1) is 7.74. The SMILES string of the molecule is CSCCCCNCc1cc(C)ccc1C. The maximum Gasteiger partial charge on any atom is 0.0208 e. The summed E-state index contributed by atoms with van der Waals surface area (Å²) in [6, 6.07) is 6.67. The van der Waals surface area contributed by atoms with Gasteiger partial charge in [0.25, 0.3) is 0 Å². The number of nitrogens with one attached hydrogen (secondary N) is 1. The van der Waals surface area contributed by atoms with E-state index in [1.54, 1.807) is 0 Å². The molecule has 16 heavy (non-hydrogen) atoms. The van der Waals surface area contributed by atoms with Gasteiger partial charge in [0.15, 0.2) is 0 Å². The van der Waals surface area contributed by atoms with Gasteiger partial charge in [-0.1, -0.05) is 23.8 Å². The van der Waals surface area contributed by atoms with Crippen molar-refractivity contribution in [2.24, 2.45) is 0 Å². The maximum absolute atomic E-state index is 3.52. The minimum atomic E-state index is 1.01. The van der Waals surface area contributed by atoms with Gasteiger partial charge >= 0.3 is 0 Å². The first-order valence-corrected chi connectivity index (χ1v) is 7.39. The Balaban J connectivity index is 2.23. The summed E-state index contributed by atoms with van der Waals surface area (Å²) in [4.78, 5) is 0. The van der Waals surface area contributed by atoms with Crippen LogP contribution in [0.2, 0.25) is 0 Å². The molecule has 0 amide bonds. The zero-order chi connectivity index (χ0) is 11.8. The molecular weight excluding hydrogens is 214 g/mol. The van der Waals surface area contributed by atoms with Gasteiger partial charge < -0.3 is 5.32 Å². The van der Waals surface area contributed by atoms with E-state index in [0.717, 1.165) is 13.1 Å². The number of aryl methyl sites for hydroxylation is 2. The van der Waals surface area contributed by atoms with Gasteiger partial charge in [0, 0.05) is 6.54 Å².